The molecule has 0 saturated carbocycles. The second-order valence-electron chi connectivity index (χ2n) is 4.65. The maximum Gasteiger partial charge on any atom is 0.336 e. The molecular formula is C17H19NO4. The first kappa shape index (κ1) is 15.8. The highest BCUT2D eigenvalue weighted by Crippen LogP contribution is 2.34. The highest BCUT2D eigenvalue weighted by atomic mass is 16.5. The number of hydrogen-bond donors (Lipinski definition) is 1. The summed E-state index contributed by atoms with van der Waals surface area (Å²) >= 11 is 0. The van der Waals surface area contributed by atoms with Gasteiger partial charge in [0.1, 0.15) is 0 Å². The molecule has 1 N–H and O–H groups in total. The van der Waals surface area contributed by atoms with Gasteiger partial charge in [-0.25, -0.2) is 9.59 Å². The van der Waals surface area contributed by atoms with E-state index in [1.165, 1.54) is 0 Å². The maximum atomic E-state index is 12.2. The molecule has 1 aliphatic rings. The van der Waals surface area contributed by atoms with E-state index < -0.39 is 17.9 Å². The van der Waals surface area contributed by atoms with E-state index in [1.54, 1.807) is 26.2 Å². The Bertz CT molecular complexity index is 570. The predicted molar refractivity (Wildman–Crippen MR) is 81.8 cm³/mol. The van der Waals surface area contributed by atoms with Gasteiger partial charge in [-0.2, -0.15) is 0 Å². The van der Waals surface area contributed by atoms with E-state index in [4.69, 9.17) is 9.47 Å². The molecule has 116 valence electrons. The fourth-order valence-electron chi connectivity index (χ4n) is 2.34. The van der Waals surface area contributed by atoms with Crippen molar-refractivity contribution in [3.05, 3.63) is 59.4 Å². The molecule has 0 aliphatic carbocycles. The standard InChI is InChI=1S/C17H19NO4/c1-3-21-16(19)13-10-18-11-14(17(20)22-4-2)15(13)12-8-6-5-7-9-12/h5-11,15,18H,3-4H2,1-2H3. The lowest BCUT2D eigenvalue weighted by Gasteiger charge is -2.25. The minimum atomic E-state index is -0.499. The average molecular weight is 301 g/mol. The maximum absolute atomic E-state index is 12.2. The summed E-state index contributed by atoms with van der Waals surface area (Å²) in [5, 5.41) is 2.84. The minimum absolute atomic E-state index is 0.274. The van der Waals surface area contributed by atoms with Crippen molar-refractivity contribution in [3.8, 4) is 0 Å². The SMILES string of the molecule is CCOC(=O)C1=CNC=C(C(=O)OCC)C1c1ccccc1. The fraction of sp³-hybridized carbons (Fsp3) is 0.294. The van der Waals surface area contributed by atoms with Crippen LogP contribution in [0.15, 0.2) is 53.9 Å². The molecule has 0 fully saturated rings. The van der Waals surface area contributed by atoms with Crippen LogP contribution in [0.5, 0.6) is 0 Å². The largest absolute Gasteiger partial charge is 0.463 e. The van der Waals surface area contributed by atoms with Gasteiger partial charge < -0.3 is 14.8 Å². The third-order valence-corrected chi connectivity index (χ3v) is 3.25. The van der Waals surface area contributed by atoms with Gasteiger partial charge in [0.25, 0.3) is 0 Å². The van der Waals surface area contributed by atoms with Crippen molar-refractivity contribution >= 4 is 11.9 Å². The van der Waals surface area contributed by atoms with Crippen molar-refractivity contribution in [2.24, 2.45) is 0 Å². The van der Waals surface area contributed by atoms with Crippen molar-refractivity contribution in [1.29, 1.82) is 0 Å². The van der Waals surface area contributed by atoms with Gasteiger partial charge in [-0.05, 0) is 19.4 Å². The van der Waals surface area contributed by atoms with E-state index in [-0.39, 0.29) is 13.2 Å². The van der Waals surface area contributed by atoms with E-state index >= 15 is 0 Å². The molecule has 0 atom stereocenters. The van der Waals surface area contributed by atoms with Crippen molar-refractivity contribution in [1.82, 2.24) is 5.32 Å². The van der Waals surface area contributed by atoms with Gasteiger partial charge >= 0.3 is 11.9 Å². The monoisotopic (exact) mass is 301 g/mol. The Morgan fingerprint density at radius 3 is 1.91 bits per heavy atom. The van der Waals surface area contributed by atoms with Gasteiger partial charge in [0.15, 0.2) is 0 Å². The molecule has 0 aromatic heterocycles. The molecular weight excluding hydrogens is 282 g/mol. The third kappa shape index (κ3) is 3.36. The molecule has 0 saturated heterocycles. The predicted octanol–water partition coefficient (Wildman–Crippen LogP) is 2.27. The highest BCUT2D eigenvalue weighted by Gasteiger charge is 2.33. The van der Waals surface area contributed by atoms with Gasteiger partial charge in [0.05, 0.1) is 30.3 Å². The first-order chi connectivity index (χ1) is 10.7. The molecule has 0 bridgehead atoms. The van der Waals surface area contributed by atoms with E-state index in [0.717, 1.165) is 5.56 Å². The molecule has 5 heteroatoms. The Morgan fingerprint density at radius 1 is 0.955 bits per heavy atom. The van der Waals surface area contributed by atoms with Crippen LogP contribution < -0.4 is 5.32 Å². The normalized spacial score (nSPS) is 14.5. The number of benzene rings is 1. The molecule has 2 rings (SSSR count). The Morgan fingerprint density at radius 2 is 1.45 bits per heavy atom. The topological polar surface area (TPSA) is 64.6 Å². The quantitative estimate of drug-likeness (QED) is 0.845. The number of nitrogens with one attached hydrogen (secondary N) is 1. The molecule has 0 amide bonds. The second-order valence-corrected chi connectivity index (χ2v) is 4.65. The molecule has 0 unspecified atom stereocenters. The number of rotatable bonds is 5. The van der Waals surface area contributed by atoms with Crippen LogP contribution in [-0.4, -0.2) is 25.2 Å². The summed E-state index contributed by atoms with van der Waals surface area (Å²) in [6.45, 7) is 4.04. The third-order valence-electron chi connectivity index (χ3n) is 3.25. The fourth-order valence-corrected chi connectivity index (χ4v) is 2.34. The Hall–Kier alpha value is -2.56. The van der Waals surface area contributed by atoms with Crippen LogP contribution in [-0.2, 0) is 19.1 Å². The van der Waals surface area contributed by atoms with Gasteiger partial charge in [0.2, 0.25) is 0 Å². The van der Waals surface area contributed by atoms with Crippen LogP contribution in [0, 0.1) is 0 Å². The van der Waals surface area contributed by atoms with Gasteiger partial charge in [-0.15, -0.1) is 0 Å². The van der Waals surface area contributed by atoms with Crippen molar-refractivity contribution in [2.75, 3.05) is 13.2 Å². The van der Waals surface area contributed by atoms with E-state index in [0.29, 0.717) is 11.1 Å². The Balaban J connectivity index is 2.41. The minimum Gasteiger partial charge on any atom is -0.463 e. The van der Waals surface area contributed by atoms with Crippen LogP contribution in [0.1, 0.15) is 25.3 Å². The number of ether oxygens (including phenoxy) is 2. The molecule has 1 aromatic rings. The lowest BCUT2D eigenvalue weighted by atomic mass is 9.84. The summed E-state index contributed by atoms with van der Waals surface area (Å²) in [6.07, 6.45) is 3.14. The zero-order chi connectivity index (χ0) is 15.9. The zero-order valence-corrected chi connectivity index (χ0v) is 12.7. The molecule has 22 heavy (non-hydrogen) atoms. The first-order valence-corrected chi connectivity index (χ1v) is 7.24. The van der Waals surface area contributed by atoms with Crippen molar-refractivity contribution in [2.45, 2.75) is 19.8 Å². The Kier molecular flexibility index (Phi) is 5.36. The van der Waals surface area contributed by atoms with E-state index in [9.17, 15) is 9.59 Å². The van der Waals surface area contributed by atoms with Gasteiger partial charge in [0, 0.05) is 12.4 Å². The first-order valence-electron chi connectivity index (χ1n) is 7.24. The van der Waals surface area contributed by atoms with Crippen LogP contribution in [0.3, 0.4) is 0 Å². The van der Waals surface area contributed by atoms with Crippen LogP contribution in [0.2, 0.25) is 0 Å². The summed E-state index contributed by atoms with van der Waals surface area (Å²) in [4.78, 5) is 24.4. The lowest BCUT2D eigenvalue weighted by Crippen LogP contribution is -2.27. The van der Waals surface area contributed by atoms with Crippen LogP contribution >= 0.6 is 0 Å². The summed E-state index contributed by atoms with van der Waals surface area (Å²) in [5.41, 5.74) is 1.61. The van der Waals surface area contributed by atoms with Crippen LogP contribution in [0.4, 0.5) is 0 Å². The number of esters is 2. The van der Waals surface area contributed by atoms with Crippen molar-refractivity contribution in [3.63, 3.8) is 0 Å². The Labute approximate surface area is 129 Å². The van der Waals surface area contributed by atoms with E-state index in [2.05, 4.69) is 5.32 Å². The summed E-state index contributed by atoms with van der Waals surface area (Å²) in [6, 6.07) is 9.35. The number of dihydropyridines is 1. The highest BCUT2D eigenvalue weighted by molar-refractivity contribution is 5.98. The number of carbonyl (C=O) groups excluding carboxylic acids is 2. The molecule has 0 spiro atoms. The number of hydrogen-bond acceptors (Lipinski definition) is 5. The lowest BCUT2D eigenvalue weighted by molar-refractivity contribution is -0.139. The summed E-state index contributed by atoms with van der Waals surface area (Å²) in [7, 11) is 0. The van der Waals surface area contributed by atoms with E-state index in [1.807, 2.05) is 30.3 Å². The van der Waals surface area contributed by atoms with Gasteiger partial charge in [-0.1, -0.05) is 30.3 Å². The average Bonchev–Trinajstić information content (AvgIpc) is 2.55. The van der Waals surface area contributed by atoms with Gasteiger partial charge in [-0.3, -0.25) is 0 Å². The summed E-state index contributed by atoms with van der Waals surface area (Å²) in [5.74, 6) is -1.39. The molecule has 1 aliphatic heterocycles. The number of carbonyl (C=O) groups is 2. The molecule has 1 aromatic carbocycles. The van der Waals surface area contributed by atoms with Crippen molar-refractivity contribution < 1.29 is 19.1 Å². The molecule has 0 radical (unpaired) electrons. The smallest absolute Gasteiger partial charge is 0.336 e. The zero-order valence-electron chi connectivity index (χ0n) is 12.7. The molecule has 5 nitrogen and oxygen atoms in total. The summed E-state index contributed by atoms with van der Waals surface area (Å²) < 4.78 is 10.2. The molecule has 1 heterocycles. The van der Waals surface area contributed by atoms with Crippen LogP contribution in [0.25, 0.3) is 0 Å². The second kappa shape index (κ2) is 7.45.